The lowest BCUT2D eigenvalue weighted by molar-refractivity contribution is 1.45. The fourth-order valence-electron chi connectivity index (χ4n) is 0.828. The zero-order chi connectivity index (χ0) is 10.9. The minimum absolute atomic E-state index is 0. The van der Waals surface area contributed by atoms with Crippen molar-refractivity contribution in [3.05, 3.63) is 31.2 Å². The fourth-order valence-corrected chi connectivity index (χ4v) is 1.85. The van der Waals surface area contributed by atoms with Crippen molar-refractivity contribution in [1.82, 2.24) is 0 Å². The van der Waals surface area contributed by atoms with Crippen LogP contribution in [0.4, 0.5) is 0 Å². The van der Waals surface area contributed by atoms with E-state index in [1.807, 2.05) is 0 Å². The molecule has 0 aliphatic heterocycles. The molecular formula is C9H4Cl4N2. The molecule has 6 heteroatoms. The molecule has 0 saturated heterocycles. The van der Waals surface area contributed by atoms with E-state index in [-0.39, 0.29) is 38.6 Å². The number of hydrogen-bond donors (Lipinski definition) is 0. The van der Waals surface area contributed by atoms with E-state index in [1.165, 1.54) is 0 Å². The molecule has 0 saturated carbocycles. The Labute approximate surface area is 108 Å². The summed E-state index contributed by atoms with van der Waals surface area (Å²) in [6.07, 6.45) is 0. The van der Waals surface area contributed by atoms with Crippen LogP contribution in [0.25, 0.3) is 0 Å². The van der Waals surface area contributed by atoms with Crippen molar-refractivity contribution in [1.29, 1.82) is 10.5 Å². The molecular weight excluding hydrogens is 278 g/mol. The number of hydrogen-bond acceptors (Lipinski definition) is 2. The number of benzene rings is 1. The summed E-state index contributed by atoms with van der Waals surface area (Å²) < 4.78 is 0. The second-order valence-corrected chi connectivity index (χ2v) is 3.74. The van der Waals surface area contributed by atoms with Gasteiger partial charge >= 0.3 is 0 Å². The minimum Gasteiger partial charge on any atom is -0.192 e. The third-order valence-electron chi connectivity index (χ3n) is 1.49. The predicted octanol–water partition coefficient (Wildman–Crippen LogP) is 4.68. The van der Waals surface area contributed by atoms with Crippen molar-refractivity contribution in [2.24, 2.45) is 0 Å². The molecule has 1 rings (SSSR count). The second-order valence-electron chi connectivity index (χ2n) is 2.23. The molecule has 0 atom stereocenters. The molecule has 0 aromatic heterocycles. The van der Waals surface area contributed by atoms with Gasteiger partial charge in [-0.15, -0.1) is 0 Å². The van der Waals surface area contributed by atoms with E-state index < -0.39 is 0 Å². The molecule has 2 nitrogen and oxygen atoms in total. The third kappa shape index (κ3) is 2.30. The van der Waals surface area contributed by atoms with Crippen molar-refractivity contribution in [3.63, 3.8) is 0 Å². The summed E-state index contributed by atoms with van der Waals surface area (Å²) in [6.45, 7) is 0. The largest absolute Gasteiger partial charge is 0.192 e. The summed E-state index contributed by atoms with van der Waals surface area (Å²) in [6, 6.07) is 3.51. The first kappa shape index (κ1) is 14.4. The first-order chi connectivity index (χ1) is 6.54. The fraction of sp³-hybridized carbons (Fsp3) is 0.111. The van der Waals surface area contributed by atoms with Gasteiger partial charge in [0, 0.05) is 0 Å². The molecule has 0 bridgehead atoms. The Morgan fingerprint density at radius 3 is 1.00 bits per heavy atom. The van der Waals surface area contributed by atoms with Gasteiger partial charge in [0.05, 0.1) is 31.2 Å². The van der Waals surface area contributed by atoms with Gasteiger partial charge in [0.1, 0.15) is 12.1 Å². The first-order valence-electron chi connectivity index (χ1n) is 3.20. The topological polar surface area (TPSA) is 47.6 Å². The molecule has 0 fully saturated rings. The van der Waals surface area contributed by atoms with Crippen LogP contribution in [-0.2, 0) is 0 Å². The maximum atomic E-state index is 8.69. The Balaban J connectivity index is 0.00000196. The average molecular weight is 282 g/mol. The van der Waals surface area contributed by atoms with Gasteiger partial charge < -0.3 is 0 Å². The van der Waals surface area contributed by atoms with Gasteiger partial charge in [-0.1, -0.05) is 53.8 Å². The van der Waals surface area contributed by atoms with Gasteiger partial charge in [0.25, 0.3) is 0 Å². The molecule has 0 unspecified atom stereocenters. The highest BCUT2D eigenvalue weighted by atomic mass is 35.5. The van der Waals surface area contributed by atoms with Crippen LogP contribution in [0.2, 0.25) is 20.1 Å². The van der Waals surface area contributed by atoms with Crippen molar-refractivity contribution >= 4 is 46.4 Å². The Morgan fingerprint density at radius 2 is 0.867 bits per heavy atom. The average Bonchev–Trinajstić information content (AvgIpc) is 2.17. The van der Waals surface area contributed by atoms with Gasteiger partial charge in [0.15, 0.2) is 0 Å². The van der Waals surface area contributed by atoms with Gasteiger partial charge in [-0.2, -0.15) is 10.5 Å². The Morgan fingerprint density at radius 1 is 0.667 bits per heavy atom. The van der Waals surface area contributed by atoms with Crippen LogP contribution in [-0.4, -0.2) is 0 Å². The van der Waals surface area contributed by atoms with Gasteiger partial charge in [-0.25, -0.2) is 0 Å². The van der Waals surface area contributed by atoms with Gasteiger partial charge in [-0.05, 0) is 0 Å². The van der Waals surface area contributed by atoms with Crippen LogP contribution in [0, 0.1) is 22.7 Å². The number of nitrogens with zero attached hydrogens (tertiary/aromatic N) is 2. The Bertz CT molecular complexity index is 408. The molecule has 0 radical (unpaired) electrons. The van der Waals surface area contributed by atoms with E-state index >= 15 is 0 Å². The lowest BCUT2D eigenvalue weighted by Crippen LogP contribution is -1.89. The second kappa shape index (κ2) is 5.45. The van der Waals surface area contributed by atoms with Crippen LogP contribution in [0.5, 0.6) is 0 Å². The van der Waals surface area contributed by atoms with Crippen LogP contribution < -0.4 is 0 Å². The Hall–Kier alpha value is -0.640. The van der Waals surface area contributed by atoms with Crippen molar-refractivity contribution < 1.29 is 0 Å². The van der Waals surface area contributed by atoms with E-state index in [0.717, 1.165) is 0 Å². The first-order valence-corrected chi connectivity index (χ1v) is 4.72. The maximum Gasteiger partial charge on any atom is 0.102 e. The van der Waals surface area contributed by atoms with Crippen LogP contribution in [0.15, 0.2) is 0 Å². The third-order valence-corrected chi connectivity index (χ3v) is 3.19. The Kier molecular flexibility index (Phi) is 5.21. The standard InChI is InChI=1S/C8Cl4N2.CH4/c9-5-3(1-13)6(10)8(12)4(2-14)7(5)11;/h;1H4. The molecule has 0 heterocycles. The highest BCUT2D eigenvalue weighted by Crippen LogP contribution is 2.40. The van der Waals surface area contributed by atoms with Crippen LogP contribution in [0.3, 0.4) is 0 Å². The van der Waals surface area contributed by atoms with Crippen molar-refractivity contribution in [2.75, 3.05) is 0 Å². The van der Waals surface area contributed by atoms with E-state index in [9.17, 15) is 0 Å². The van der Waals surface area contributed by atoms with Crippen LogP contribution in [0.1, 0.15) is 18.6 Å². The lowest BCUT2D eigenvalue weighted by atomic mass is 10.1. The SMILES string of the molecule is C.N#Cc1c(Cl)c(Cl)c(C#N)c(Cl)c1Cl. The molecule has 15 heavy (non-hydrogen) atoms. The van der Waals surface area contributed by atoms with Gasteiger partial charge in [-0.3, -0.25) is 0 Å². The monoisotopic (exact) mass is 280 g/mol. The van der Waals surface area contributed by atoms with E-state index in [0.29, 0.717) is 0 Å². The normalized spacial score (nSPS) is 8.67. The summed E-state index contributed by atoms with van der Waals surface area (Å²) in [5, 5.41) is 17.2. The summed E-state index contributed by atoms with van der Waals surface area (Å²) in [5.41, 5.74) is -0.0512. The predicted molar refractivity (Wildman–Crippen MR) is 62.6 cm³/mol. The molecule has 78 valence electrons. The highest BCUT2D eigenvalue weighted by Gasteiger charge is 2.19. The molecule has 0 aliphatic rings. The maximum absolute atomic E-state index is 8.69. The smallest absolute Gasteiger partial charge is 0.102 e. The highest BCUT2D eigenvalue weighted by molar-refractivity contribution is 6.49. The molecule has 1 aromatic rings. The lowest BCUT2D eigenvalue weighted by Gasteiger charge is -2.05. The summed E-state index contributed by atoms with van der Waals surface area (Å²) >= 11 is 22.8. The molecule has 0 aliphatic carbocycles. The summed E-state index contributed by atoms with van der Waals surface area (Å²) in [7, 11) is 0. The van der Waals surface area contributed by atoms with Crippen LogP contribution >= 0.6 is 46.4 Å². The van der Waals surface area contributed by atoms with Crippen molar-refractivity contribution in [2.45, 2.75) is 7.43 Å². The quantitative estimate of drug-likeness (QED) is 0.648. The summed E-state index contributed by atoms with van der Waals surface area (Å²) in [4.78, 5) is 0. The molecule has 0 spiro atoms. The zero-order valence-corrected chi connectivity index (χ0v) is 9.43. The van der Waals surface area contributed by atoms with E-state index in [1.54, 1.807) is 12.1 Å². The molecule has 0 amide bonds. The number of rotatable bonds is 0. The van der Waals surface area contributed by atoms with E-state index in [2.05, 4.69) is 0 Å². The van der Waals surface area contributed by atoms with Gasteiger partial charge in [0.2, 0.25) is 0 Å². The molecule has 0 N–H and O–H groups in total. The number of halogens is 4. The van der Waals surface area contributed by atoms with Crippen molar-refractivity contribution in [3.8, 4) is 12.1 Å². The molecule has 1 aromatic carbocycles. The summed E-state index contributed by atoms with van der Waals surface area (Å²) in [5.74, 6) is 0. The zero-order valence-electron chi connectivity index (χ0n) is 6.41. The number of nitriles is 2. The minimum atomic E-state index is -0.0554. The van der Waals surface area contributed by atoms with E-state index in [4.69, 9.17) is 56.9 Å².